The van der Waals surface area contributed by atoms with Gasteiger partial charge in [0.25, 0.3) is 0 Å². The molecule has 1 aromatic carbocycles. The van der Waals surface area contributed by atoms with E-state index in [0.29, 0.717) is 21.3 Å². The highest BCUT2D eigenvalue weighted by molar-refractivity contribution is 6.43. The maximum atomic E-state index is 11.5. The van der Waals surface area contributed by atoms with E-state index in [1.165, 1.54) is 0 Å². The molecule has 0 aliphatic carbocycles. The van der Waals surface area contributed by atoms with Gasteiger partial charge >= 0.3 is 5.97 Å². The van der Waals surface area contributed by atoms with Crippen molar-refractivity contribution in [3.63, 3.8) is 0 Å². The summed E-state index contributed by atoms with van der Waals surface area (Å²) in [5, 5.41) is 14.5. The van der Waals surface area contributed by atoms with E-state index < -0.39 is 5.97 Å². The number of carboxylic acid groups (broad SMARTS) is 1. The number of carbonyl (C=O) groups is 1. The van der Waals surface area contributed by atoms with Crippen LogP contribution < -0.4 is 0 Å². The Balaban J connectivity index is 2.62. The summed E-state index contributed by atoms with van der Waals surface area (Å²) in [6, 6.07) is 5.27. The van der Waals surface area contributed by atoms with Gasteiger partial charge in [-0.25, -0.2) is 4.79 Å². The Labute approximate surface area is 133 Å². The lowest BCUT2D eigenvalue weighted by Crippen LogP contribution is -2.07. The third-order valence-corrected chi connectivity index (χ3v) is 4.30. The van der Waals surface area contributed by atoms with Gasteiger partial charge in [0.15, 0.2) is 0 Å². The molecule has 21 heavy (non-hydrogen) atoms. The fourth-order valence-electron chi connectivity index (χ4n) is 2.28. The van der Waals surface area contributed by atoms with Crippen LogP contribution in [0, 0.1) is 0 Å². The quantitative estimate of drug-likeness (QED) is 0.848. The van der Waals surface area contributed by atoms with Crippen molar-refractivity contribution < 1.29 is 9.90 Å². The standard InChI is InChI=1S/C15H16Cl2N2O2/c1-3-9(4-2)19-8-11(15(20)21)14(18-19)10-6-5-7-12(16)13(10)17/h5-9H,3-4H2,1-2H3,(H,20,21). The molecule has 112 valence electrons. The zero-order chi connectivity index (χ0) is 15.6. The second-order valence-electron chi connectivity index (χ2n) is 4.75. The van der Waals surface area contributed by atoms with Crippen molar-refractivity contribution in [2.75, 3.05) is 0 Å². The van der Waals surface area contributed by atoms with E-state index in [2.05, 4.69) is 5.10 Å². The summed E-state index contributed by atoms with van der Waals surface area (Å²) in [6.45, 7) is 4.09. The largest absolute Gasteiger partial charge is 0.478 e. The number of rotatable bonds is 5. The Morgan fingerprint density at radius 1 is 1.33 bits per heavy atom. The molecule has 0 fully saturated rings. The predicted molar refractivity (Wildman–Crippen MR) is 84.3 cm³/mol. The van der Waals surface area contributed by atoms with E-state index in [0.717, 1.165) is 12.8 Å². The van der Waals surface area contributed by atoms with E-state index in [-0.39, 0.29) is 11.6 Å². The van der Waals surface area contributed by atoms with Gasteiger partial charge in [0.2, 0.25) is 0 Å². The zero-order valence-electron chi connectivity index (χ0n) is 11.8. The molecule has 0 spiro atoms. The van der Waals surface area contributed by atoms with Crippen LogP contribution >= 0.6 is 23.2 Å². The molecule has 0 atom stereocenters. The number of carboxylic acids is 1. The predicted octanol–water partition coefficient (Wildman–Crippen LogP) is 4.92. The van der Waals surface area contributed by atoms with Crippen LogP contribution in [-0.4, -0.2) is 20.9 Å². The topological polar surface area (TPSA) is 55.1 Å². The highest BCUT2D eigenvalue weighted by Crippen LogP contribution is 2.35. The van der Waals surface area contributed by atoms with Crippen LogP contribution in [0.25, 0.3) is 11.3 Å². The number of halogens is 2. The van der Waals surface area contributed by atoms with Crippen molar-refractivity contribution in [3.05, 3.63) is 40.0 Å². The first kappa shape index (κ1) is 15.9. The number of aromatic carboxylic acids is 1. The number of hydrogen-bond donors (Lipinski definition) is 1. The molecular weight excluding hydrogens is 311 g/mol. The van der Waals surface area contributed by atoms with Crippen LogP contribution in [0.3, 0.4) is 0 Å². The molecule has 0 aliphatic heterocycles. The molecule has 2 rings (SSSR count). The Bertz CT molecular complexity index is 664. The van der Waals surface area contributed by atoms with Crippen LogP contribution in [0.15, 0.2) is 24.4 Å². The van der Waals surface area contributed by atoms with Gasteiger partial charge in [-0.2, -0.15) is 5.10 Å². The van der Waals surface area contributed by atoms with Crippen molar-refractivity contribution in [1.29, 1.82) is 0 Å². The first-order valence-corrected chi connectivity index (χ1v) is 7.52. The van der Waals surface area contributed by atoms with E-state index in [1.54, 1.807) is 29.1 Å². The molecule has 1 heterocycles. The van der Waals surface area contributed by atoms with Crippen molar-refractivity contribution in [2.24, 2.45) is 0 Å². The average molecular weight is 327 g/mol. The van der Waals surface area contributed by atoms with Crippen molar-refractivity contribution in [3.8, 4) is 11.3 Å². The third kappa shape index (κ3) is 3.06. The summed E-state index contributed by atoms with van der Waals surface area (Å²) in [6.07, 6.45) is 3.31. The van der Waals surface area contributed by atoms with Gasteiger partial charge in [0.05, 0.1) is 16.1 Å². The Morgan fingerprint density at radius 3 is 2.57 bits per heavy atom. The van der Waals surface area contributed by atoms with E-state index >= 15 is 0 Å². The van der Waals surface area contributed by atoms with Gasteiger partial charge < -0.3 is 5.11 Å². The zero-order valence-corrected chi connectivity index (χ0v) is 13.3. The lowest BCUT2D eigenvalue weighted by molar-refractivity contribution is 0.0697. The van der Waals surface area contributed by atoms with Gasteiger partial charge in [0.1, 0.15) is 11.3 Å². The molecule has 0 saturated heterocycles. The average Bonchev–Trinajstić information content (AvgIpc) is 2.88. The lowest BCUT2D eigenvalue weighted by atomic mass is 10.1. The van der Waals surface area contributed by atoms with Gasteiger partial charge in [-0.15, -0.1) is 0 Å². The lowest BCUT2D eigenvalue weighted by Gasteiger charge is -2.12. The molecule has 0 bridgehead atoms. The first-order chi connectivity index (χ1) is 9.99. The number of aromatic nitrogens is 2. The Kier molecular flexibility index (Phi) is 4.91. The minimum Gasteiger partial charge on any atom is -0.478 e. The summed E-state index contributed by atoms with van der Waals surface area (Å²) < 4.78 is 1.70. The summed E-state index contributed by atoms with van der Waals surface area (Å²) in [5.74, 6) is -1.03. The molecule has 0 amide bonds. The van der Waals surface area contributed by atoms with Crippen molar-refractivity contribution >= 4 is 29.2 Å². The monoisotopic (exact) mass is 326 g/mol. The van der Waals surface area contributed by atoms with Gasteiger partial charge in [-0.3, -0.25) is 4.68 Å². The fraction of sp³-hybridized carbons (Fsp3) is 0.333. The summed E-state index contributed by atoms with van der Waals surface area (Å²) in [7, 11) is 0. The molecule has 0 aliphatic rings. The van der Waals surface area contributed by atoms with Crippen LogP contribution in [0.4, 0.5) is 0 Å². The third-order valence-electron chi connectivity index (χ3n) is 3.49. The van der Waals surface area contributed by atoms with E-state index in [9.17, 15) is 9.90 Å². The smallest absolute Gasteiger partial charge is 0.339 e. The minimum atomic E-state index is -1.03. The highest BCUT2D eigenvalue weighted by Gasteiger charge is 2.21. The molecular formula is C15H16Cl2N2O2. The van der Waals surface area contributed by atoms with E-state index in [1.807, 2.05) is 13.8 Å². The molecule has 0 radical (unpaired) electrons. The second kappa shape index (κ2) is 6.50. The minimum absolute atomic E-state index is 0.131. The molecule has 2 aromatic rings. The number of nitrogens with zero attached hydrogens (tertiary/aromatic N) is 2. The summed E-state index contributed by atoms with van der Waals surface area (Å²) >= 11 is 12.2. The molecule has 6 heteroatoms. The molecule has 0 saturated carbocycles. The van der Waals surface area contributed by atoms with Crippen LogP contribution in [0.1, 0.15) is 43.1 Å². The van der Waals surface area contributed by atoms with Crippen molar-refractivity contribution in [1.82, 2.24) is 9.78 Å². The Hall–Kier alpha value is -1.52. The highest BCUT2D eigenvalue weighted by atomic mass is 35.5. The summed E-state index contributed by atoms with van der Waals surface area (Å²) in [4.78, 5) is 11.5. The number of hydrogen-bond acceptors (Lipinski definition) is 2. The second-order valence-corrected chi connectivity index (χ2v) is 5.53. The first-order valence-electron chi connectivity index (χ1n) is 6.76. The molecule has 1 N–H and O–H groups in total. The summed E-state index contributed by atoms with van der Waals surface area (Å²) in [5.41, 5.74) is 1.01. The van der Waals surface area contributed by atoms with Gasteiger partial charge in [-0.05, 0) is 18.9 Å². The maximum absolute atomic E-state index is 11.5. The van der Waals surface area contributed by atoms with Crippen molar-refractivity contribution in [2.45, 2.75) is 32.7 Å². The fourth-order valence-corrected chi connectivity index (χ4v) is 2.67. The number of benzene rings is 1. The molecule has 4 nitrogen and oxygen atoms in total. The van der Waals surface area contributed by atoms with Gasteiger partial charge in [-0.1, -0.05) is 49.2 Å². The van der Waals surface area contributed by atoms with E-state index in [4.69, 9.17) is 23.2 Å². The normalized spacial score (nSPS) is 11.1. The van der Waals surface area contributed by atoms with Gasteiger partial charge in [0, 0.05) is 11.8 Å². The van der Waals surface area contributed by atoms with Crippen LogP contribution in [0.2, 0.25) is 10.0 Å². The SMILES string of the molecule is CCC(CC)n1cc(C(=O)O)c(-c2cccc(Cl)c2Cl)n1. The van der Waals surface area contributed by atoms with Crippen LogP contribution in [-0.2, 0) is 0 Å². The molecule has 1 aromatic heterocycles. The Morgan fingerprint density at radius 2 is 2.00 bits per heavy atom. The van der Waals surface area contributed by atoms with Crippen LogP contribution in [0.5, 0.6) is 0 Å². The molecule has 0 unspecified atom stereocenters. The maximum Gasteiger partial charge on any atom is 0.339 e.